The van der Waals surface area contributed by atoms with Gasteiger partial charge < -0.3 is 4.98 Å². The largest absolute Gasteiger partial charge is 0.326 e. The summed E-state index contributed by atoms with van der Waals surface area (Å²) in [5, 5.41) is 0. The lowest BCUT2D eigenvalue weighted by Gasteiger charge is -2.13. The van der Waals surface area contributed by atoms with Gasteiger partial charge >= 0.3 is 5.69 Å². The molecule has 1 heterocycles. The van der Waals surface area contributed by atoms with Crippen molar-refractivity contribution in [2.45, 2.75) is 19.9 Å². The summed E-state index contributed by atoms with van der Waals surface area (Å²) in [4.78, 5) is 14.0. The van der Waals surface area contributed by atoms with Crippen molar-refractivity contribution in [2.24, 2.45) is 0 Å². The minimum absolute atomic E-state index is 0.172. The van der Waals surface area contributed by atoms with Crippen LogP contribution in [-0.2, 0) is 0 Å². The van der Waals surface area contributed by atoms with E-state index in [0.717, 1.165) is 5.56 Å². The van der Waals surface area contributed by atoms with E-state index < -0.39 is 0 Å². The molecule has 0 saturated carbocycles. The molecule has 2 aromatic rings. The van der Waals surface area contributed by atoms with Crippen LogP contribution in [0.5, 0.6) is 0 Å². The molecular formula is C12H13FN2O. The summed E-state index contributed by atoms with van der Waals surface area (Å²) in [5.74, 6) is -0.243. The maximum Gasteiger partial charge on any atom is 0.326 e. The third-order valence-corrected chi connectivity index (χ3v) is 2.77. The van der Waals surface area contributed by atoms with Crippen LogP contribution in [0, 0.1) is 12.7 Å². The molecule has 1 N–H and O–H groups in total. The van der Waals surface area contributed by atoms with E-state index in [2.05, 4.69) is 4.98 Å². The van der Waals surface area contributed by atoms with E-state index in [-0.39, 0.29) is 17.5 Å². The Morgan fingerprint density at radius 1 is 1.44 bits per heavy atom. The second-order valence-corrected chi connectivity index (χ2v) is 3.86. The predicted octanol–water partition coefficient (Wildman–Crippen LogP) is 2.23. The van der Waals surface area contributed by atoms with Crippen molar-refractivity contribution in [3.63, 3.8) is 0 Å². The van der Waals surface area contributed by atoms with Crippen LogP contribution in [0.15, 0.2) is 35.4 Å². The topological polar surface area (TPSA) is 37.8 Å². The number of aryl methyl sites for hydroxylation is 1. The van der Waals surface area contributed by atoms with E-state index in [9.17, 15) is 9.18 Å². The normalized spacial score (nSPS) is 12.7. The maximum atomic E-state index is 13.4. The lowest BCUT2D eigenvalue weighted by molar-refractivity contribution is 0.589. The van der Waals surface area contributed by atoms with Crippen molar-refractivity contribution in [1.29, 1.82) is 0 Å². The molecule has 0 aliphatic carbocycles. The number of rotatable bonds is 2. The first-order valence-corrected chi connectivity index (χ1v) is 5.11. The number of halogens is 1. The minimum atomic E-state index is -0.243. The summed E-state index contributed by atoms with van der Waals surface area (Å²) >= 11 is 0. The summed E-state index contributed by atoms with van der Waals surface area (Å²) in [6.07, 6.45) is 3.23. The summed E-state index contributed by atoms with van der Waals surface area (Å²) < 4.78 is 14.9. The second-order valence-electron chi connectivity index (χ2n) is 3.86. The molecule has 1 unspecified atom stereocenters. The Hall–Kier alpha value is -1.84. The second kappa shape index (κ2) is 3.96. The highest BCUT2D eigenvalue weighted by Gasteiger charge is 2.11. The van der Waals surface area contributed by atoms with Gasteiger partial charge in [0, 0.05) is 12.4 Å². The zero-order valence-electron chi connectivity index (χ0n) is 9.20. The van der Waals surface area contributed by atoms with Gasteiger partial charge in [-0.05, 0) is 31.0 Å². The van der Waals surface area contributed by atoms with Crippen LogP contribution in [0.1, 0.15) is 24.1 Å². The van der Waals surface area contributed by atoms with E-state index in [0.29, 0.717) is 5.56 Å². The first kappa shape index (κ1) is 10.7. The zero-order chi connectivity index (χ0) is 11.7. The number of benzene rings is 1. The van der Waals surface area contributed by atoms with E-state index >= 15 is 0 Å². The molecule has 1 aromatic heterocycles. The fourth-order valence-corrected chi connectivity index (χ4v) is 1.67. The molecule has 3 nitrogen and oxygen atoms in total. The Labute approximate surface area is 92.5 Å². The lowest BCUT2D eigenvalue weighted by atomic mass is 10.1. The molecule has 1 atom stereocenters. The highest BCUT2D eigenvalue weighted by Crippen LogP contribution is 2.18. The molecule has 0 saturated heterocycles. The molecule has 0 spiro atoms. The Bertz CT molecular complexity index is 556. The van der Waals surface area contributed by atoms with E-state index in [1.54, 1.807) is 25.4 Å². The molecule has 1 aromatic carbocycles. The number of nitrogens with one attached hydrogen (secondary N) is 1. The number of hydrogen-bond donors (Lipinski definition) is 1. The Balaban J connectivity index is 2.42. The molecule has 0 bridgehead atoms. The number of nitrogens with zero attached hydrogens (tertiary/aromatic N) is 1. The number of aromatic amines is 1. The molecule has 16 heavy (non-hydrogen) atoms. The first-order chi connectivity index (χ1) is 7.59. The molecule has 4 heteroatoms. The van der Waals surface area contributed by atoms with Gasteiger partial charge in [0.2, 0.25) is 0 Å². The Morgan fingerprint density at radius 3 is 2.75 bits per heavy atom. The SMILES string of the molecule is Cc1ccc(C(C)n2cc[nH]c2=O)cc1F. The highest BCUT2D eigenvalue weighted by atomic mass is 19.1. The van der Waals surface area contributed by atoms with Crippen molar-refractivity contribution in [1.82, 2.24) is 9.55 Å². The van der Waals surface area contributed by atoms with Crippen LogP contribution < -0.4 is 5.69 Å². The van der Waals surface area contributed by atoms with Crippen molar-refractivity contribution in [3.05, 3.63) is 58.0 Å². The van der Waals surface area contributed by atoms with Crippen LogP contribution in [0.25, 0.3) is 0 Å². The van der Waals surface area contributed by atoms with Crippen molar-refractivity contribution < 1.29 is 4.39 Å². The van der Waals surface area contributed by atoms with Gasteiger partial charge in [0.15, 0.2) is 0 Å². The van der Waals surface area contributed by atoms with Gasteiger partial charge in [0.1, 0.15) is 5.82 Å². The minimum Gasteiger partial charge on any atom is -0.313 e. The molecule has 84 valence electrons. The number of imidazole rings is 1. The van der Waals surface area contributed by atoms with Gasteiger partial charge in [-0.3, -0.25) is 4.57 Å². The number of hydrogen-bond acceptors (Lipinski definition) is 1. The fourth-order valence-electron chi connectivity index (χ4n) is 1.67. The summed E-state index contributed by atoms with van der Waals surface area (Å²) in [5.41, 5.74) is 1.20. The maximum absolute atomic E-state index is 13.4. The quantitative estimate of drug-likeness (QED) is 0.828. The fraction of sp³-hybridized carbons (Fsp3) is 0.250. The Kier molecular flexibility index (Phi) is 2.64. The van der Waals surface area contributed by atoms with Gasteiger partial charge in [0.05, 0.1) is 6.04 Å². The van der Waals surface area contributed by atoms with E-state index in [1.165, 1.54) is 10.6 Å². The van der Waals surface area contributed by atoms with Gasteiger partial charge in [-0.15, -0.1) is 0 Å². The molecule has 0 aliphatic rings. The highest BCUT2D eigenvalue weighted by molar-refractivity contribution is 5.26. The molecule has 0 amide bonds. The van der Waals surface area contributed by atoms with Crippen molar-refractivity contribution in [3.8, 4) is 0 Å². The van der Waals surface area contributed by atoms with E-state index in [1.807, 2.05) is 13.0 Å². The molecule has 0 fully saturated rings. The van der Waals surface area contributed by atoms with Crippen LogP contribution in [0.3, 0.4) is 0 Å². The predicted molar refractivity (Wildman–Crippen MR) is 60.0 cm³/mol. The monoisotopic (exact) mass is 220 g/mol. The summed E-state index contributed by atoms with van der Waals surface area (Å²) in [6.45, 7) is 3.57. The smallest absolute Gasteiger partial charge is 0.313 e. The van der Waals surface area contributed by atoms with Crippen LogP contribution in [0.2, 0.25) is 0 Å². The van der Waals surface area contributed by atoms with Crippen LogP contribution in [0.4, 0.5) is 4.39 Å². The molecule has 2 rings (SSSR count). The molecular weight excluding hydrogens is 207 g/mol. The van der Waals surface area contributed by atoms with Gasteiger partial charge in [-0.1, -0.05) is 12.1 Å². The average molecular weight is 220 g/mol. The standard InChI is InChI=1S/C12H13FN2O/c1-8-3-4-10(7-11(8)13)9(2)15-6-5-14-12(15)16/h3-7,9H,1-2H3,(H,14,16). The lowest BCUT2D eigenvalue weighted by Crippen LogP contribution is -2.20. The van der Waals surface area contributed by atoms with Gasteiger partial charge in [0.25, 0.3) is 0 Å². The van der Waals surface area contributed by atoms with Crippen molar-refractivity contribution in [2.75, 3.05) is 0 Å². The first-order valence-electron chi connectivity index (χ1n) is 5.11. The Morgan fingerprint density at radius 2 is 2.19 bits per heavy atom. The van der Waals surface area contributed by atoms with Gasteiger partial charge in [-0.25, -0.2) is 9.18 Å². The summed E-state index contributed by atoms with van der Waals surface area (Å²) in [6, 6.07) is 4.86. The summed E-state index contributed by atoms with van der Waals surface area (Å²) in [7, 11) is 0. The van der Waals surface area contributed by atoms with Crippen LogP contribution >= 0.6 is 0 Å². The molecule has 0 radical (unpaired) electrons. The van der Waals surface area contributed by atoms with E-state index in [4.69, 9.17) is 0 Å². The molecule has 0 aliphatic heterocycles. The third kappa shape index (κ3) is 1.78. The number of aromatic nitrogens is 2. The van der Waals surface area contributed by atoms with Crippen LogP contribution in [-0.4, -0.2) is 9.55 Å². The average Bonchev–Trinajstić information content (AvgIpc) is 2.67. The van der Waals surface area contributed by atoms with Crippen molar-refractivity contribution >= 4 is 0 Å². The van der Waals surface area contributed by atoms with Gasteiger partial charge in [-0.2, -0.15) is 0 Å². The third-order valence-electron chi connectivity index (χ3n) is 2.77. The zero-order valence-corrected chi connectivity index (χ0v) is 9.20. The number of H-pyrrole nitrogens is 1.